The summed E-state index contributed by atoms with van der Waals surface area (Å²) in [6, 6.07) is -0.456. The lowest BCUT2D eigenvalue weighted by molar-refractivity contribution is -0.155. The van der Waals surface area contributed by atoms with E-state index in [9.17, 15) is 9.59 Å². The Morgan fingerprint density at radius 1 is 0.947 bits per heavy atom. The predicted molar refractivity (Wildman–Crippen MR) is 70.8 cm³/mol. The van der Waals surface area contributed by atoms with Gasteiger partial charge < -0.3 is 9.74 Å². The van der Waals surface area contributed by atoms with Crippen molar-refractivity contribution in [2.75, 3.05) is 6.54 Å². The molecule has 2 N–H and O–H groups in total. The fourth-order valence-electron chi connectivity index (χ4n) is 3.29. The Morgan fingerprint density at radius 2 is 1.58 bits per heavy atom. The van der Waals surface area contributed by atoms with Crippen LogP contribution in [0.2, 0.25) is 0 Å². The first-order chi connectivity index (χ1) is 9.24. The molecule has 0 unspecified atom stereocenters. The summed E-state index contributed by atoms with van der Waals surface area (Å²) in [4.78, 5) is 30.2. The van der Waals surface area contributed by atoms with E-state index in [-0.39, 0.29) is 11.8 Å². The van der Waals surface area contributed by atoms with Gasteiger partial charge in [-0.15, -0.1) is 0 Å². The van der Waals surface area contributed by atoms with Crippen molar-refractivity contribution in [3.8, 4) is 0 Å². The molecule has 0 aromatic heterocycles. The van der Waals surface area contributed by atoms with Gasteiger partial charge in [0.05, 0.1) is 0 Å². The third-order valence-electron chi connectivity index (χ3n) is 4.38. The van der Waals surface area contributed by atoms with Crippen molar-refractivity contribution in [1.29, 1.82) is 0 Å². The molecule has 0 bridgehead atoms. The van der Waals surface area contributed by atoms with Crippen molar-refractivity contribution >= 4 is 11.9 Å². The first-order valence-corrected chi connectivity index (χ1v) is 7.45. The first kappa shape index (κ1) is 14.3. The molecule has 1 amide bonds. The largest absolute Gasteiger partial charge is 0.372 e. The zero-order chi connectivity index (χ0) is 13.7. The highest BCUT2D eigenvalue weighted by atomic mass is 16.7. The fourth-order valence-corrected chi connectivity index (χ4v) is 3.29. The van der Waals surface area contributed by atoms with E-state index in [2.05, 4.69) is 4.84 Å². The van der Waals surface area contributed by atoms with Crippen LogP contribution in [0.25, 0.3) is 0 Å². The maximum atomic E-state index is 12.6. The van der Waals surface area contributed by atoms with E-state index >= 15 is 0 Å². The molecule has 19 heavy (non-hydrogen) atoms. The van der Waals surface area contributed by atoms with Crippen LogP contribution >= 0.6 is 0 Å². The minimum absolute atomic E-state index is 0.0893. The lowest BCUT2D eigenvalue weighted by atomic mass is 9.90. The van der Waals surface area contributed by atoms with Gasteiger partial charge in [-0.05, 0) is 25.7 Å². The highest BCUT2D eigenvalue weighted by Crippen LogP contribution is 2.27. The lowest BCUT2D eigenvalue weighted by Crippen LogP contribution is -2.45. The first-order valence-electron chi connectivity index (χ1n) is 7.45. The molecule has 1 saturated carbocycles. The average molecular weight is 268 g/mol. The number of carbonyl (C=O) groups excluding carboxylic acids is 2. The molecule has 0 aromatic rings. The van der Waals surface area contributed by atoms with Gasteiger partial charge in [0.2, 0.25) is 5.91 Å². The van der Waals surface area contributed by atoms with E-state index in [0.717, 1.165) is 32.1 Å². The summed E-state index contributed by atoms with van der Waals surface area (Å²) in [6.45, 7) is 0.662. The minimum atomic E-state index is -0.475. The second kappa shape index (κ2) is 6.89. The van der Waals surface area contributed by atoms with Crippen LogP contribution in [0, 0.1) is 5.92 Å². The third-order valence-corrected chi connectivity index (χ3v) is 4.38. The Hall–Kier alpha value is -1.10. The van der Waals surface area contributed by atoms with Crippen molar-refractivity contribution in [2.24, 2.45) is 11.8 Å². The van der Waals surface area contributed by atoms with Crippen LogP contribution in [0.4, 0.5) is 0 Å². The maximum Gasteiger partial charge on any atom is 0.347 e. The number of hydrogen-bond donors (Lipinski definition) is 1. The van der Waals surface area contributed by atoms with Crippen LogP contribution in [-0.2, 0) is 14.4 Å². The summed E-state index contributed by atoms with van der Waals surface area (Å²) in [7, 11) is 0. The molecule has 1 heterocycles. The molecular weight excluding hydrogens is 244 g/mol. The normalized spacial score (nSPS) is 25.7. The summed E-state index contributed by atoms with van der Waals surface area (Å²) in [6.07, 6.45) is 9.42. The van der Waals surface area contributed by atoms with Gasteiger partial charge in [-0.2, -0.15) is 5.90 Å². The second-order valence-corrected chi connectivity index (χ2v) is 5.67. The monoisotopic (exact) mass is 268 g/mol. The van der Waals surface area contributed by atoms with Crippen LogP contribution in [-0.4, -0.2) is 29.4 Å². The van der Waals surface area contributed by atoms with Gasteiger partial charge in [0, 0.05) is 12.5 Å². The lowest BCUT2D eigenvalue weighted by Gasteiger charge is -2.28. The van der Waals surface area contributed by atoms with E-state index in [1.807, 2.05) is 0 Å². The molecule has 2 fully saturated rings. The van der Waals surface area contributed by atoms with Crippen molar-refractivity contribution in [1.82, 2.24) is 4.90 Å². The van der Waals surface area contributed by atoms with E-state index < -0.39 is 12.0 Å². The molecule has 108 valence electrons. The van der Waals surface area contributed by atoms with Gasteiger partial charge in [-0.3, -0.25) is 4.79 Å². The molecule has 0 aromatic carbocycles. The number of rotatable bonds is 2. The second-order valence-electron chi connectivity index (χ2n) is 5.67. The fraction of sp³-hybridized carbons (Fsp3) is 0.857. The highest BCUT2D eigenvalue weighted by molar-refractivity contribution is 5.86. The SMILES string of the molecule is NOC(=O)[C@@H]1CCCN1C(=O)C1CCCCCCC1. The van der Waals surface area contributed by atoms with Gasteiger partial charge in [-0.25, -0.2) is 4.79 Å². The third kappa shape index (κ3) is 3.47. The summed E-state index contributed by atoms with van der Waals surface area (Å²) in [5, 5.41) is 0. The number of nitrogens with two attached hydrogens (primary N) is 1. The molecule has 0 spiro atoms. The molecule has 0 radical (unpaired) electrons. The predicted octanol–water partition coefficient (Wildman–Crippen LogP) is 1.75. The van der Waals surface area contributed by atoms with E-state index in [4.69, 9.17) is 5.90 Å². The van der Waals surface area contributed by atoms with Crippen LogP contribution in [0.1, 0.15) is 57.8 Å². The van der Waals surface area contributed by atoms with E-state index in [1.165, 1.54) is 19.3 Å². The molecule has 1 aliphatic carbocycles. The Morgan fingerprint density at radius 3 is 2.21 bits per heavy atom. The van der Waals surface area contributed by atoms with Crippen molar-refractivity contribution in [2.45, 2.75) is 63.8 Å². The number of hydrogen-bond acceptors (Lipinski definition) is 4. The topological polar surface area (TPSA) is 72.6 Å². The number of nitrogens with zero attached hydrogens (tertiary/aromatic N) is 1. The van der Waals surface area contributed by atoms with Crippen LogP contribution in [0.5, 0.6) is 0 Å². The standard InChI is InChI=1S/C14H24N2O3/c15-19-14(18)12-9-6-10-16(12)13(17)11-7-4-2-1-3-5-8-11/h11-12H,1-10,15H2/t12-/m0/s1. The van der Waals surface area contributed by atoms with Crippen LogP contribution in [0.3, 0.4) is 0 Å². The molecule has 5 nitrogen and oxygen atoms in total. The smallest absolute Gasteiger partial charge is 0.347 e. The number of amides is 1. The summed E-state index contributed by atoms with van der Waals surface area (Å²) in [5.41, 5.74) is 0. The molecule has 2 aliphatic rings. The Bertz CT molecular complexity index is 325. The molecule has 2 rings (SSSR count). The Kier molecular flexibility index (Phi) is 5.19. The Balaban J connectivity index is 1.98. The van der Waals surface area contributed by atoms with Crippen LogP contribution in [0.15, 0.2) is 0 Å². The average Bonchev–Trinajstić information content (AvgIpc) is 2.86. The molecular formula is C14H24N2O3. The maximum absolute atomic E-state index is 12.6. The molecule has 1 saturated heterocycles. The minimum Gasteiger partial charge on any atom is -0.372 e. The van der Waals surface area contributed by atoms with E-state index in [1.54, 1.807) is 4.90 Å². The zero-order valence-corrected chi connectivity index (χ0v) is 11.5. The van der Waals surface area contributed by atoms with Gasteiger partial charge in [0.1, 0.15) is 6.04 Å². The van der Waals surface area contributed by atoms with Crippen LogP contribution < -0.4 is 5.90 Å². The van der Waals surface area contributed by atoms with Gasteiger partial charge >= 0.3 is 5.97 Å². The van der Waals surface area contributed by atoms with E-state index in [0.29, 0.717) is 13.0 Å². The zero-order valence-electron chi connectivity index (χ0n) is 11.5. The summed E-state index contributed by atoms with van der Waals surface area (Å²) < 4.78 is 0. The summed E-state index contributed by atoms with van der Waals surface area (Å²) >= 11 is 0. The molecule has 5 heteroatoms. The number of carbonyl (C=O) groups is 2. The number of likely N-dealkylation sites (tertiary alicyclic amines) is 1. The van der Waals surface area contributed by atoms with Gasteiger partial charge in [-0.1, -0.05) is 32.1 Å². The summed E-state index contributed by atoms with van der Waals surface area (Å²) in [5.74, 6) is 4.70. The Labute approximate surface area is 114 Å². The van der Waals surface area contributed by atoms with Gasteiger partial charge in [0.25, 0.3) is 0 Å². The quantitative estimate of drug-likeness (QED) is 0.774. The molecule has 1 atom stereocenters. The van der Waals surface area contributed by atoms with Crippen molar-refractivity contribution in [3.63, 3.8) is 0 Å². The highest BCUT2D eigenvalue weighted by Gasteiger charge is 2.37. The van der Waals surface area contributed by atoms with Gasteiger partial charge in [0.15, 0.2) is 0 Å². The van der Waals surface area contributed by atoms with Crippen molar-refractivity contribution in [3.05, 3.63) is 0 Å². The van der Waals surface area contributed by atoms with Crippen molar-refractivity contribution < 1.29 is 14.4 Å². The molecule has 1 aliphatic heterocycles.